The van der Waals surface area contributed by atoms with Crippen LogP contribution in [0.4, 0.5) is 0 Å². The fourth-order valence-corrected chi connectivity index (χ4v) is 5.21. The number of piperidine rings is 1. The lowest BCUT2D eigenvalue weighted by molar-refractivity contribution is -0.132. The number of nitrogens with zero attached hydrogens (tertiary/aromatic N) is 5. The van der Waals surface area contributed by atoms with Crippen LogP contribution in [0.1, 0.15) is 24.8 Å². The van der Waals surface area contributed by atoms with E-state index in [-0.39, 0.29) is 18.0 Å². The highest BCUT2D eigenvalue weighted by atomic mass is 35.5. The second kappa shape index (κ2) is 8.48. The number of amides is 1. The first-order valence-corrected chi connectivity index (χ1v) is 11.6. The summed E-state index contributed by atoms with van der Waals surface area (Å²) in [6.45, 7) is 3.31. The van der Waals surface area contributed by atoms with E-state index in [0.29, 0.717) is 43.0 Å². The van der Waals surface area contributed by atoms with Crippen LogP contribution in [-0.2, 0) is 11.3 Å². The molecule has 3 aromatic heterocycles. The minimum Gasteiger partial charge on any atom is -0.341 e. The summed E-state index contributed by atoms with van der Waals surface area (Å²) in [7, 11) is 0. The number of aromatic nitrogens is 4. The number of aryl methyl sites for hydroxylation is 1. The van der Waals surface area contributed by atoms with Crippen molar-refractivity contribution in [2.75, 3.05) is 13.1 Å². The first kappa shape index (κ1) is 20.8. The molecule has 1 fully saturated rings. The molecular formula is C22H20ClN5O3S. The quantitative estimate of drug-likeness (QED) is 0.445. The van der Waals surface area contributed by atoms with Crippen LogP contribution in [0.2, 0.25) is 5.02 Å². The van der Waals surface area contributed by atoms with E-state index in [2.05, 4.69) is 15.1 Å². The molecule has 0 saturated carbocycles. The summed E-state index contributed by atoms with van der Waals surface area (Å²) in [6.07, 6.45) is 4.59. The molecule has 1 amide bonds. The minimum absolute atomic E-state index is 0.0103. The third kappa shape index (κ3) is 3.71. The Kier molecular flexibility index (Phi) is 5.52. The van der Waals surface area contributed by atoms with Gasteiger partial charge in [-0.3, -0.25) is 14.2 Å². The number of hydrogen-bond acceptors (Lipinski definition) is 7. The average Bonchev–Trinajstić information content (AvgIpc) is 3.41. The van der Waals surface area contributed by atoms with Gasteiger partial charge in [0.15, 0.2) is 0 Å². The van der Waals surface area contributed by atoms with Crippen molar-refractivity contribution in [2.45, 2.75) is 32.7 Å². The third-order valence-corrected chi connectivity index (χ3v) is 7.18. The maximum Gasteiger partial charge on any atom is 0.268 e. The molecule has 0 aliphatic carbocycles. The predicted octanol–water partition coefficient (Wildman–Crippen LogP) is 4.15. The fourth-order valence-electron chi connectivity index (χ4n) is 3.93. The zero-order chi connectivity index (χ0) is 22.2. The van der Waals surface area contributed by atoms with E-state index in [9.17, 15) is 9.59 Å². The Hall–Kier alpha value is -3.04. The van der Waals surface area contributed by atoms with Crippen molar-refractivity contribution in [1.82, 2.24) is 24.6 Å². The molecular weight excluding hydrogens is 450 g/mol. The van der Waals surface area contributed by atoms with Crippen LogP contribution in [0.25, 0.3) is 32.4 Å². The normalized spacial score (nSPS) is 14.2. The molecule has 0 bridgehead atoms. The van der Waals surface area contributed by atoms with Crippen molar-refractivity contribution < 1.29 is 9.32 Å². The molecule has 5 rings (SSSR count). The molecule has 4 heterocycles. The molecule has 1 aromatic carbocycles. The van der Waals surface area contributed by atoms with Gasteiger partial charge in [0.1, 0.15) is 11.4 Å². The summed E-state index contributed by atoms with van der Waals surface area (Å²) in [5.74, 6) is 0.623. The fraction of sp³-hybridized carbons (Fsp3) is 0.318. The summed E-state index contributed by atoms with van der Waals surface area (Å²) in [5.41, 5.74) is 1.13. The van der Waals surface area contributed by atoms with Gasteiger partial charge in [0.05, 0.1) is 21.6 Å². The highest BCUT2D eigenvalue weighted by molar-refractivity contribution is 7.22. The molecule has 1 aliphatic heterocycles. The Morgan fingerprint density at radius 2 is 2.00 bits per heavy atom. The lowest BCUT2D eigenvalue weighted by Crippen LogP contribution is -2.39. The Balaban J connectivity index is 1.48. The Labute approximate surface area is 192 Å². The van der Waals surface area contributed by atoms with E-state index in [1.165, 1.54) is 22.2 Å². The van der Waals surface area contributed by atoms with Crippen molar-refractivity contribution in [2.24, 2.45) is 0 Å². The molecule has 8 nitrogen and oxygen atoms in total. The molecule has 4 aromatic rings. The van der Waals surface area contributed by atoms with Crippen LogP contribution < -0.4 is 5.56 Å². The summed E-state index contributed by atoms with van der Waals surface area (Å²) < 4.78 is 6.86. The lowest BCUT2D eigenvalue weighted by Gasteiger charge is -2.26. The Bertz CT molecular complexity index is 1370. The van der Waals surface area contributed by atoms with Crippen LogP contribution in [-0.4, -0.2) is 43.6 Å². The van der Waals surface area contributed by atoms with E-state index in [0.717, 1.165) is 32.4 Å². The second-order valence-corrected chi connectivity index (χ2v) is 9.16. The Morgan fingerprint density at radius 3 is 2.78 bits per heavy atom. The van der Waals surface area contributed by atoms with Gasteiger partial charge in [0.25, 0.3) is 11.4 Å². The van der Waals surface area contributed by atoms with Gasteiger partial charge in [-0.1, -0.05) is 28.9 Å². The molecule has 32 heavy (non-hydrogen) atoms. The van der Waals surface area contributed by atoms with Crippen LogP contribution >= 0.6 is 22.9 Å². The maximum absolute atomic E-state index is 13.2. The van der Waals surface area contributed by atoms with Crippen molar-refractivity contribution in [1.29, 1.82) is 0 Å². The number of thiophene rings is 1. The van der Waals surface area contributed by atoms with Crippen LogP contribution in [0.3, 0.4) is 0 Å². The standard InChI is InChI=1S/C22H20ClN5O3S/c1-13-17-21(24-12-28(22(17)30)11-16(29)27-9-5-2-6-10-27)32-18(13)20-25-19(26-31-20)14-7-3-4-8-15(14)23/h3-4,7-8,12H,2,5-6,9-11H2,1H3. The van der Waals surface area contributed by atoms with E-state index in [1.54, 1.807) is 6.07 Å². The van der Waals surface area contributed by atoms with E-state index >= 15 is 0 Å². The molecule has 0 atom stereocenters. The molecule has 1 aliphatic rings. The molecule has 10 heteroatoms. The summed E-state index contributed by atoms with van der Waals surface area (Å²) in [4.78, 5) is 37.8. The number of fused-ring (bicyclic) bond motifs is 1. The second-order valence-electron chi connectivity index (χ2n) is 7.76. The number of hydrogen-bond donors (Lipinski definition) is 0. The number of carbonyl (C=O) groups excluding carboxylic acids is 1. The molecule has 164 valence electrons. The average molecular weight is 470 g/mol. The van der Waals surface area contributed by atoms with Gasteiger partial charge < -0.3 is 9.42 Å². The highest BCUT2D eigenvalue weighted by Gasteiger charge is 2.23. The van der Waals surface area contributed by atoms with Crippen molar-refractivity contribution in [3.8, 4) is 22.2 Å². The molecule has 0 N–H and O–H groups in total. The highest BCUT2D eigenvalue weighted by Crippen LogP contribution is 2.36. The number of benzene rings is 1. The largest absolute Gasteiger partial charge is 0.341 e. The summed E-state index contributed by atoms with van der Waals surface area (Å²) in [6, 6.07) is 7.25. The topological polar surface area (TPSA) is 94.1 Å². The predicted molar refractivity (Wildman–Crippen MR) is 123 cm³/mol. The lowest BCUT2D eigenvalue weighted by atomic mass is 10.1. The number of carbonyl (C=O) groups is 1. The van der Waals surface area contributed by atoms with E-state index in [4.69, 9.17) is 16.1 Å². The zero-order valence-electron chi connectivity index (χ0n) is 17.4. The summed E-state index contributed by atoms with van der Waals surface area (Å²) in [5, 5.41) is 5.04. The first-order valence-electron chi connectivity index (χ1n) is 10.4. The van der Waals surface area contributed by atoms with Gasteiger partial charge in [-0.25, -0.2) is 4.98 Å². The van der Waals surface area contributed by atoms with Gasteiger partial charge in [-0.15, -0.1) is 11.3 Å². The minimum atomic E-state index is -0.244. The van der Waals surface area contributed by atoms with Crippen LogP contribution in [0, 0.1) is 6.92 Å². The van der Waals surface area contributed by atoms with Gasteiger partial charge >= 0.3 is 0 Å². The number of rotatable bonds is 4. The van der Waals surface area contributed by atoms with Crippen molar-refractivity contribution >= 4 is 39.1 Å². The van der Waals surface area contributed by atoms with Crippen molar-refractivity contribution in [3.63, 3.8) is 0 Å². The number of likely N-dealkylation sites (tertiary alicyclic amines) is 1. The molecule has 0 unspecified atom stereocenters. The van der Waals surface area contributed by atoms with E-state index < -0.39 is 0 Å². The monoisotopic (exact) mass is 469 g/mol. The number of halogens is 1. The smallest absolute Gasteiger partial charge is 0.268 e. The van der Waals surface area contributed by atoms with Gasteiger partial charge in [0.2, 0.25) is 11.7 Å². The van der Waals surface area contributed by atoms with E-state index in [1.807, 2.05) is 30.0 Å². The first-order chi connectivity index (χ1) is 15.5. The molecule has 0 spiro atoms. The van der Waals surface area contributed by atoms with Gasteiger partial charge in [0, 0.05) is 18.7 Å². The van der Waals surface area contributed by atoms with Crippen LogP contribution in [0.5, 0.6) is 0 Å². The SMILES string of the molecule is Cc1c(-c2nc(-c3ccccc3Cl)no2)sc2ncn(CC(=O)N3CCCCC3)c(=O)c12. The van der Waals surface area contributed by atoms with Crippen LogP contribution in [0.15, 0.2) is 39.9 Å². The Morgan fingerprint density at radius 1 is 1.22 bits per heavy atom. The van der Waals surface area contributed by atoms with Gasteiger partial charge in [-0.2, -0.15) is 4.98 Å². The molecule has 1 saturated heterocycles. The summed E-state index contributed by atoms with van der Waals surface area (Å²) >= 11 is 7.55. The van der Waals surface area contributed by atoms with Gasteiger partial charge in [-0.05, 0) is 43.9 Å². The zero-order valence-corrected chi connectivity index (χ0v) is 18.9. The maximum atomic E-state index is 13.2. The molecule has 0 radical (unpaired) electrons. The van der Waals surface area contributed by atoms with Crippen molar-refractivity contribution in [3.05, 3.63) is 51.5 Å². The third-order valence-electron chi connectivity index (χ3n) is 5.67.